The number of anilines is 1. The van der Waals surface area contributed by atoms with E-state index in [0.717, 1.165) is 0 Å². The Hall–Kier alpha value is -2.83. The largest absolute Gasteiger partial charge is 0.382 e. The lowest BCUT2D eigenvalue weighted by atomic mass is 10.2. The first-order valence-corrected chi connectivity index (χ1v) is 5.63. The van der Waals surface area contributed by atoms with Gasteiger partial charge in [0.05, 0.1) is 30.0 Å². The van der Waals surface area contributed by atoms with E-state index in [1.54, 1.807) is 18.2 Å². The third kappa shape index (κ3) is 2.13. The van der Waals surface area contributed by atoms with Crippen LogP contribution in [0.15, 0.2) is 41.5 Å². The molecular weight excluding hydrogens is 244 g/mol. The number of fused-ring (bicyclic) bond motifs is 1. The fourth-order valence-corrected chi connectivity index (χ4v) is 1.73. The molecular formula is C12H10N6O. The van der Waals surface area contributed by atoms with Crippen molar-refractivity contribution >= 4 is 16.7 Å². The molecule has 0 atom stereocenters. The van der Waals surface area contributed by atoms with Crippen LogP contribution in [0.1, 0.15) is 5.69 Å². The first-order valence-electron chi connectivity index (χ1n) is 5.63. The number of nitrogens with two attached hydrogens (primary N) is 1. The number of rotatable bonds is 2. The summed E-state index contributed by atoms with van der Waals surface area (Å²) < 4.78 is 1.25. The molecule has 0 amide bonds. The fraction of sp³-hybridized carbons (Fsp3) is 0.0833. The summed E-state index contributed by atoms with van der Waals surface area (Å²) in [5, 5.41) is 8.40. The third-order valence-corrected chi connectivity index (χ3v) is 2.67. The van der Waals surface area contributed by atoms with Gasteiger partial charge in [-0.05, 0) is 12.1 Å². The van der Waals surface area contributed by atoms with Crippen LogP contribution in [0, 0.1) is 0 Å². The highest BCUT2D eigenvalue weighted by Crippen LogP contribution is 2.04. The van der Waals surface area contributed by atoms with Crippen LogP contribution in [0.3, 0.4) is 0 Å². The molecule has 7 nitrogen and oxygen atoms in total. The lowest BCUT2D eigenvalue weighted by Gasteiger charge is -2.04. The summed E-state index contributed by atoms with van der Waals surface area (Å²) in [6.45, 7) is 0.212. The highest BCUT2D eigenvalue weighted by atomic mass is 16.1. The van der Waals surface area contributed by atoms with Crippen LogP contribution in [0.5, 0.6) is 0 Å². The molecule has 0 aliphatic carbocycles. The Bertz CT molecular complexity index is 780. The van der Waals surface area contributed by atoms with Crippen molar-refractivity contribution in [1.29, 1.82) is 0 Å². The van der Waals surface area contributed by atoms with Gasteiger partial charge in [-0.15, -0.1) is 5.10 Å². The van der Waals surface area contributed by atoms with Crippen molar-refractivity contribution in [3.8, 4) is 0 Å². The van der Waals surface area contributed by atoms with Crippen molar-refractivity contribution in [1.82, 2.24) is 25.0 Å². The summed E-state index contributed by atoms with van der Waals surface area (Å²) >= 11 is 0. The van der Waals surface area contributed by atoms with Crippen molar-refractivity contribution in [3.63, 3.8) is 0 Å². The van der Waals surface area contributed by atoms with Gasteiger partial charge in [-0.2, -0.15) is 0 Å². The minimum absolute atomic E-state index is 0.204. The molecule has 2 N–H and O–H groups in total. The van der Waals surface area contributed by atoms with E-state index >= 15 is 0 Å². The van der Waals surface area contributed by atoms with Crippen LogP contribution < -0.4 is 11.3 Å². The van der Waals surface area contributed by atoms with Gasteiger partial charge in [-0.3, -0.25) is 9.78 Å². The maximum atomic E-state index is 12.2. The monoisotopic (exact) mass is 254 g/mol. The molecule has 0 unspecified atom stereocenters. The highest BCUT2D eigenvalue weighted by molar-refractivity contribution is 5.76. The maximum Gasteiger partial charge on any atom is 0.277 e. The predicted molar refractivity (Wildman–Crippen MR) is 69.3 cm³/mol. The zero-order valence-corrected chi connectivity index (χ0v) is 9.89. The molecule has 2 heterocycles. The van der Waals surface area contributed by atoms with Crippen LogP contribution in [-0.2, 0) is 6.54 Å². The fourth-order valence-electron chi connectivity index (χ4n) is 1.73. The lowest BCUT2D eigenvalue weighted by molar-refractivity contribution is 0.590. The summed E-state index contributed by atoms with van der Waals surface area (Å²) in [6, 6.07) is 7.07. The van der Waals surface area contributed by atoms with E-state index in [2.05, 4.69) is 20.3 Å². The topological polar surface area (TPSA) is 99.6 Å². The molecule has 0 saturated heterocycles. The summed E-state index contributed by atoms with van der Waals surface area (Å²) in [5.41, 5.74) is 6.42. The molecule has 0 aliphatic heterocycles. The molecule has 2 aromatic heterocycles. The first-order chi connectivity index (χ1) is 9.24. The van der Waals surface area contributed by atoms with Gasteiger partial charge in [0.15, 0.2) is 0 Å². The lowest BCUT2D eigenvalue weighted by Crippen LogP contribution is -2.25. The number of benzene rings is 1. The van der Waals surface area contributed by atoms with Crippen LogP contribution in [0.4, 0.5) is 5.82 Å². The van der Waals surface area contributed by atoms with Crippen LogP contribution in [0.2, 0.25) is 0 Å². The molecule has 0 aliphatic rings. The Morgan fingerprint density at radius 1 is 1.16 bits per heavy atom. The zero-order chi connectivity index (χ0) is 13.2. The highest BCUT2D eigenvalue weighted by Gasteiger charge is 2.06. The van der Waals surface area contributed by atoms with Gasteiger partial charge < -0.3 is 5.73 Å². The Labute approximate surface area is 107 Å². The summed E-state index contributed by atoms with van der Waals surface area (Å²) in [7, 11) is 0. The van der Waals surface area contributed by atoms with Crippen molar-refractivity contribution in [2.45, 2.75) is 6.54 Å². The zero-order valence-electron chi connectivity index (χ0n) is 9.89. The van der Waals surface area contributed by atoms with E-state index in [-0.39, 0.29) is 12.1 Å². The molecule has 3 aromatic rings. The van der Waals surface area contributed by atoms with Gasteiger partial charge in [0, 0.05) is 0 Å². The number of hydrogen-bond acceptors (Lipinski definition) is 6. The van der Waals surface area contributed by atoms with Gasteiger partial charge in [0.25, 0.3) is 5.56 Å². The quantitative estimate of drug-likeness (QED) is 0.701. The van der Waals surface area contributed by atoms with Crippen molar-refractivity contribution in [2.24, 2.45) is 0 Å². The van der Waals surface area contributed by atoms with Crippen molar-refractivity contribution in [3.05, 3.63) is 52.7 Å². The second kappa shape index (κ2) is 4.45. The van der Waals surface area contributed by atoms with Gasteiger partial charge in [0.2, 0.25) is 0 Å². The molecule has 7 heteroatoms. The van der Waals surface area contributed by atoms with E-state index in [1.807, 2.05) is 6.07 Å². The normalized spacial score (nSPS) is 10.7. The van der Waals surface area contributed by atoms with Crippen molar-refractivity contribution < 1.29 is 0 Å². The first kappa shape index (κ1) is 11.3. The van der Waals surface area contributed by atoms with Crippen LogP contribution in [0.25, 0.3) is 10.9 Å². The average molecular weight is 254 g/mol. The van der Waals surface area contributed by atoms with Crippen LogP contribution in [-0.4, -0.2) is 25.0 Å². The number of hydrogen-bond donors (Lipinski definition) is 1. The Morgan fingerprint density at radius 2 is 2.00 bits per heavy atom. The summed E-state index contributed by atoms with van der Waals surface area (Å²) in [5.74, 6) is 0.334. The Morgan fingerprint density at radius 3 is 2.79 bits per heavy atom. The second-order valence-corrected chi connectivity index (χ2v) is 4.00. The smallest absolute Gasteiger partial charge is 0.277 e. The molecule has 94 valence electrons. The standard InChI is InChI=1S/C12H10N6O/c13-11-6-14-8(5-15-11)7-18-12(19)9-3-1-2-4-10(9)16-17-18/h1-6H,7H2,(H2,13,15). The van der Waals surface area contributed by atoms with Gasteiger partial charge in [0.1, 0.15) is 11.3 Å². The molecule has 1 aromatic carbocycles. The number of nitrogens with zero attached hydrogens (tertiary/aromatic N) is 5. The molecule has 0 saturated carbocycles. The van der Waals surface area contributed by atoms with Crippen LogP contribution >= 0.6 is 0 Å². The minimum atomic E-state index is -0.204. The van der Waals surface area contributed by atoms with E-state index < -0.39 is 0 Å². The molecule has 0 spiro atoms. The van der Waals surface area contributed by atoms with E-state index in [9.17, 15) is 4.79 Å². The molecule has 0 fully saturated rings. The molecule has 19 heavy (non-hydrogen) atoms. The van der Waals surface area contributed by atoms with E-state index in [0.29, 0.717) is 22.4 Å². The van der Waals surface area contributed by atoms with Gasteiger partial charge in [-0.1, -0.05) is 17.3 Å². The third-order valence-electron chi connectivity index (χ3n) is 2.67. The number of nitrogen functional groups attached to an aromatic ring is 1. The average Bonchev–Trinajstić information content (AvgIpc) is 2.45. The minimum Gasteiger partial charge on any atom is -0.382 e. The summed E-state index contributed by atoms with van der Waals surface area (Å²) in [6.07, 6.45) is 2.95. The van der Waals surface area contributed by atoms with E-state index in [1.165, 1.54) is 17.1 Å². The van der Waals surface area contributed by atoms with Gasteiger partial charge in [-0.25, -0.2) is 9.67 Å². The molecule has 3 rings (SSSR count). The predicted octanol–water partition coefficient (Wildman–Crippen LogP) is 0.212. The second-order valence-electron chi connectivity index (χ2n) is 4.00. The maximum absolute atomic E-state index is 12.2. The Balaban J connectivity index is 2.04. The SMILES string of the molecule is Nc1cnc(Cn2nnc3ccccc3c2=O)cn1. The number of aromatic nitrogens is 5. The van der Waals surface area contributed by atoms with Gasteiger partial charge >= 0.3 is 0 Å². The van der Waals surface area contributed by atoms with Crippen molar-refractivity contribution in [2.75, 3.05) is 5.73 Å². The summed E-state index contributed by atoms with van der Waals surface area (Å²) in [4.78, 5) is 20.2. The molecule has 0 bridgehead atoms. The Kier molecular flexibility index (Phi) is 2.64. The van der Waals surface area contributed by atoms with E-state index in [4.69, 9.17) is 5.73 Å². The molecule has 0 radical (unpaired) electrons.